The molecule has 0 spiro atoms. The lowest BCUT2D eigenvalue weighted by Gasteiger charge is -2.37. The summed E-state index contributed by atoms with van der Waals surface area (Å²) in [6.07, 6.45) is 16.1. The molecule has 3 aliphatic rings. The average molecular weight is 711 g/mol. The topological polar surface area (TPSA) is 43.9 Å². The predicted octanol–water partition coefficient (Wildman–Crippen LogP) is 12.4. The van der Waals surface area contributed by atoms with Gasteiger partial charge in [-0.15, -0.1) is 0 Å². The van der Waals surface area contributed by atoms with Gasteiger partial charge >= 0.3 is 0 Å². The highest BCUT2D eigenvalue weighted by Crippen LogP contribution is 2.42. The first kappa shape index (κ1) is 33.7. The molecule has 9 rings (SSSR count). The highest BCUT2D eigenvalue weighted by atomic mass is 16.5. The third-order valence-electron chi connectivity index (χ3n) is 10.7. The summed E-state index contributed by atoms with van der Waals surface area (Å²) in [7, 11) is 0. The maximum atomic E-state index is 9.75. The molecule has 3 heterocycles. The van der Waals surface area contributed by atoms with Gasteiger partial charge in [0.1, 0.15) is 11.5 Å². The molecule has 0 fully saturated rings. The van der Waals surface area contributed by atoms with Crippen molar-refractivity contribution in [3.63, 3.8) is 0 Å². The summed E-state index contributed by atoms with van der Waals surface area (Å²) in [5.41, 5.74) is 10.3. The third kappa shape index (κ3) is 6.69. The van der Waals surface area contributed by atoms with Gasteiger partial charge < -0.3 is 14.5 Å². The molecule has 6 aromatic rings. The van der Waals surface area contributed by atoms with Crippen LogP contribution in [0.2, 0.25) is 0 Å². The Balaban J connectivity index is 1.02. The van der Waals surface area contributed by atoms with Gasteiger partial charge in [-0.05, 0) is 125 Å². The number of hydrogen-bond donors (Lipinski definition) is 0. The van der Waals surface area contributed by atoms with Crippen molar-refractivity contribution in [3.05, 3.63) is 202 Å². The minimum Gasteiger partial charge on any atom is -0.457 e. The Morgan fingerprint density at radius 3 is 1.78 bits per heavy atom. The maximum Gasteiger partial charge on any atom is 0.269 e. The van der Waals surface area contributed by atoms with Crippen LogP contribution in [0.5, 0.6) is 0 Å². The SMILES string of the molecule is [C-]#[N+]C(C#N)=C1C=C(C=Cc2ccc(N(c3cccc4ccccc34)c3cccc4ccccc34)cc2)OC(C=Cc2cc3c4c(c2)CCCN4CCC3)=C1. The number of anilines is 4. The molecule has 55 heavy (non-hydrogen) atoms. The Bertz CT molecular complexity index is 2580. The molecule has 0 bridgehead atoms. The summed E-state index contributed by atoms with van der Waals surface area (Å²) in [5.74, 6) is 1.14. The fourth-order valence-corrected chi connectivity index (χ4v) is 8.23. The summed E-state index contributed by atoms with van der Waals surface area (Å²) in [4.78, 5) is 8.39. The van der Waals surface area contributed by atoms with E-state index in [1.54, 1.807) is 12.2 Å². The van der Waals surface area contributed by atoms with Gasteiger partial charge in [-0.25, -0.2) is 10.1 Å². The van der Waals surface area contributed by atoms with Crippen molar-refractivity contribution in [1.29, 1.82) is 5.26 Å². The standard InChI is InChI=1S/C50H38N4O/c1-52-47(34-51)41-32-43(55-44(33-41)27-23-36-30-39-14-8-28-53-29-9-15-40(31-36)50(39)53)26-22-35-20-24-42(25-21-35)54(48-18-6-12-37-10-2-4-16-45(37)48)49-19-7-13-38-11-3-5-17-46(38)49/h2-7,10-13,16-27,30-33H,8-9,14-15,28-29H2. The van der Waals surface area contributed by atoms with Gasteiger partial charge in [-0.2, -0.15) is 0 Å². The van der Waals surface area contributed by atoms with Crippen molar-refractivity contribution < 1.29 is 4.74 Å². The fourth-order valence-electron chi connectivity index (χ4n) is 8.23. The molecule has 6 aromatic carbocycles. The molecule has 0 atom stereocenters. The Morgan fingerprint density at radius 1 is 0.673 bits per heavy atom. The summed E-state index contributed by atoms with van der Waals surface area (Å²) < 4.78 is 6.34. The van der Waals surface area contributed by atoms with Gasteiger partial charge in [0, 0.05) is 35.2 Å². The Labute approximate surface area is 322 Å². The summed E-state index contributed by atoms with van der Waals surface area (Å²) in [5, 5.41) is 14.5. The van der Waals surface area contributed by atoms with Crippen LogP contribution in [0.4, 0.5) is 22.7 Å². The third-order valence-corrected chi connectivity index (χ3v) is 10.7. The summed E-state index contributed by atoms with van der Waals surface area (Å²) >= 11 is 0. The first-order valence-corrected chi connectivity index (χ1v) is 18.9. The molecule has 0 saturated heterocycles. The van der Waals surface area contributed by atoms with Gasteiger partial charge in [0.15, 0.2) is 0 Å². The Hall–Kier alpha value is -7.08. The minimum absolute atomic E-state index is 0.0321. The van der Waals surface area contributed by atoms with Gasteiger partial charge in [0.25, 0.3) is 5.70 Å². The molecular weight excluding hydrogens is 673 g/mol. The fraction of sp³-hybridized carbons (Fsp3) is 0.120. The highest BCUT2D eigenvalue weighted by molar-refractivity contribution is 6.04. The lowest BCUT2D eigenvalue weighted by molar-refractivity contribution is 0.332. The van der Waals surface area contributed by atoms with E-state index in [4.69, 9.17) is 11.3 Å². The number of aryl methyl sites for hydroxylation is 2. The van der Waals surface area contributed by atoms with Gasteiger partial charge in [-0.3, -0.25) is 0 Å². The molecule has 5 heteroatoms. The lowest BCUT2D eigenvalue weighted by Crippen LogP contribution is -2.34. The molecule has 0 radical (unpaired) electrons. The molecule has 264 valence electrons. The molecule has 0 unspecified atom stereocenters. The van der Waals surface area contributed by atoms with Crippen molar-refractivity contribution in [2.24, 2.45) is 0 Å². The van der Waals surface area contributed by atoms with Gasteiger partial charge in [0.2, 0.25) is 0 Å². The monoisotopic (exact) mass is 710 g/mol. The van der Waals surface area contributed by atoms with E-state index in [-0.39, 0.29) is 5.70 Å². The van der Waals surface area contributed by atoms with Crippen LogP contribution >= 0.6 is 0 Å². The zero-order chi connectivity index (χ0) is 37.1. The van der Waals surface area contributed by atoms with Crippen LogP contribution in [-0.4, -0.2) is 13.1 Å². The van der Waals surface area contributed by atoms with E-state index < -0.39 is 0 Å². The van der Waals surface area contributed by atoms with E-state index >= 15 is 0 Å². The number of nitriles is 1. The molecule has 3 aliphatic heterocycles. The highest BCUT2D eigenvalue weighted by Gasteiger charge is 2.24. The number of ether oxygens (including phenoxy) is 1. The van der Waals surface area contributed by atoms with Crippen LogP contribution in [-0.2, 0) is 17.6 Å². The van der Waals surface area contributed by atoms with Crippen molar-refractivity contribution in [3.8, 4) is 6.07 Å². The number of nitrogens with zero attached hydrogens (tertiary/aromatic N) is 4. The van der Waals surface area contributed by atoms with E-state index in [0.29, 0.717) is 17.1 Å². The molecule has 0 saturated carbocycles. The second kappa shape index (κ2) is 14.7. The van der Waals surface area contributed by atoms with Gasteiger partial charge in [0.05, 0.1) is 24.0 Å². The summed E-state index contributed by atoms with van der Waals surface area (Å²) in [6, 6.07) is 45.1. The van der Waals surface area contributed by atoms with Crippen LogP contribution in [0.15, 0.2) is 168 Å². The van der Waals surface area contributed by atoms with Crippen LogP contribution in [0.25, 0.3) is 38.5 Å². The smallest absolute Gasteiger partial charge is 0.269 e. The number of allylic oxidation sites excluding steroid dienone is 6. The molecule has 5 nitrogen and oxygen atoms in total. The maximum absolute atomic E-state index is 9.75. The molecular formula is C50H38N4O. The first-order chi connectivity index (χ1) is 27.1. The zero-order valence-corrected chi connectivity index (χ0v) is 30.5. The van der Waals surface area contributed by atoms with Crippen molar-refractivity contribution >= 4 is 56.4 Å². The Morgan fingerprint density at radius 2 is 1.22 bits per heavy atom. The lowest BCUT2D eigenvalue weighted by atomic mass is 9.90. The largest absolute Gasteiger partial charge is 0.457 e. The first-order valence-electron chi connectivity index (χ1n) is 18.9. The normalized spacial score (nSPS) is 15.9. The van der Waals surface area contributed by atoms with Crippen molar-refractivity contribution in [2.75, 3.05) is 22.9 Å². The van der Waals surface area contributed by atoms with Crippen LogP contribution in [0, 0.1) is 17.9 Å². The van der Waals surface area contributed by atoms with Crippen molar-refractivity contribution in [1.82, 2.24) is 0 Å². The predicted molar refractivity (Wildman–Crippen MR) is 226 cm³/mol. The van der Waals surface area contributed by atoms with E-state index in [2.05, 4.69) is 148 Å². The van der Waals surface area contributed by atoms with Crippen LogP contribution < -0.4 is 9.80 Å². The second-order valence-corrected chi connectivity index (χ2v) is 14.2. The van der Waals surface area contributed by atoms with E-state index in [0.717, 1.165) is 54.1 Å². The summed E-state index contributed by atoms with van der Waals surface area (Å²) in [6.45, 7) is 9.92. The average Bonchev–Trinajstić information content (AvgIpc) is 3.23. The van der Waals surface area contributed by atoms with Crippen LogP contribution in [0.3, 0.4) is 0 Å². The van der Waals surface area contributed by atoms with E-state index in [1.165, 1.54) is 51.2 Å². The number of benzene rings is 6. The number of rotatable bonds is 7. The molecule has 0 aromatic heterocycles. The molecule has 0 amide bonds. The Kier molecular flexibility index (Phi) is 9.04. The van der Waals surface area contributed by atoms with Crippen LogP contribution in [0.1, 0.15) is 35.1 Å². The van der Waals surface area contributed by atoms with E-state index in [9.17, 15) is 5.26 Å². The minimum atomic E-state index is 0.0321. The quantitative estimate of drug-likeness (QED) is 0.122. The van der Waals surface area contributed by atoms with E-state index in [1.807, 2.05) is 18.2 Å². The van der Waals surface area contributed by atoms with Gasteiger partial charge in [-0.1, -0.05) is 97.1 Å². The molecule has 0 N–H and O–H groups in total. The zero-order valence-electron chi connectivity index (χ0n) is 30.5. The van der Waals surface area contributed by atoms with Crippen molar-refractivity contribution in [2.45, 2.75) is 25.7 Å². The number of fused-ring (bicyclic) bond motifs is 2. The molecule has 0 aliphatic carbocycles. The second-order valence-electron chi connectivity index (χ2n) is 14.2. The number of hydrogen-bond acceptors (Lipinski definition) is 4.